The zero-order valence-corrected chi connectivity index (χ0v) is 17.4. The van der Waals surface area contributed by atoms with Gasteiger partial charge in [0.15, 0.2) is 4.34 Å². The van der Waals surface area contributed by atoms with E-state index in [1.165, 1.54) is 33.7 Å². The van der Waals surface area contributed by atoms with Gasteiger partial charge in [-0.3, -0.25) is 14.9 Å². The molecule has 1 N–H and O–H groups in total. The highest BCUT2D eigenvalue weighted by molar-refractivity contribution is 8.00. The van der Waals surface area contributed by atoms with Crippen molar-refractivity contribution >= 4 is 34.1 Å². The van der Waals surface area contributed by atoms with Gasteiger partial charge < -0.3 is 0 Å². The van der Waals surface area contributed by atoms with Crippen LogP contribution in [0.1, 0.15) is 21.6 Å². The first-order chi connectivity index (χ1) is 14.7. The molecule has 0 fully saturated rings. The van der Waals surface area contributed by atoms with E-state index in [1.54, 1.807) is 11.8 Å². The number of amides is 1. The Hall–Kier alpha value is -3.30. The number of rotatable bonds is 7. The second-order valence-corrected chi connectivity index (χ2v) is 8.50. The van der Waals surface area contributed by atoms with Gasteiger partial charge in [0.05, 0.1) is 6.54 Å². The summed E-state index contributed by atoms with van der Waals surface area (Å²) in [5, 5.41) is 15.4. The molecule has 0 saturated heterocycles. The maximum Gasteiger partial charge on any atom is 0.277 e. The van der Waals surface area contributed by atoms with E-state index < -0.39 is 5.91 Å². The minimum Gasteiger partial charge on any atom is -0.295 e. The Morgan fingerprint density at radius 2 is 1.63 bits per heavy atom. The Bertz CT molecular complexity index is 1190. The van der Waals surface area contributed by atoms with Gasteiger partial charge >= 0.3 is 0 Å². The molecule has 150 valence electrons. The molecular formula is C21H17N5O2S2. The first-order valence-corrected chi connectivity index (χ1v) is 10.9. The molecule has 0 aliphatic rings. The number of nitrogens with zero attached hydrogens (tertiary/aromatic N) is 4. The van der Waals surface area contributed by atoms with Gasteiger partial charge in [-0.2, -0.15) is 5.10 Å². The maximum atomic E-state index is 12.6. The van der Waals surface area contributed by atoms with E-state index in [1.807, 2.05) is 60.7 Å². The summed E-state index contributed by atoms with van der Waals surface area (Å²) in [6, 6.07) is 22.3. The van der Waals surface area contributed by atoms with Crippen LogP contribution in [0.3, 0.4) is 0 Å². The molecule has 4 aromatic rings. The highest BCUT2D eigenvalue weighted by Crippen LogP contribution is 2.28. The molecule has 0 spiro atoms. The van der Waals surface area contributed by atoms with E-state index in [0.717, 1.165) is 15.7 Å². The Morgan fingerprint density at radius 3 is 2.37 bits per heavy atom. The fourth-order valence-corrected chi connectivity index (χ4v) is 4.34. The Kier molecular flexibility index (Phi) is 6.31. The third kappa shape index (κ3) is 5.19. The average Bonchev–Trinajstić information content (AvgIpc) is 3.22. The topological polar surface area (TPSA) is 89.8 Å². The molecule has 0 aliphatic heterocycles. The Morgan fingerprint density at radius 1 is 0.933 bits per heavy atom. The Labute approximate surface area is 180 Å². The summed E-state index contributed by atoms with van der Waals surface area (Å²) in [5.41, 5.74) is 1.98. The molecule has 2 heterocycles. The van der Waals surface area contributed by atoms with Gasteiger partial charge in [0, 0.05) is 11.8 Å². The van der Waals surface area contributed by atoms with Crippen LogP contribution in [0.2, 0.25) is 0 Å². The predicted molar refractivity (Wildman–Crippen MR) is 118 cm³/mol. The molecule has 0 aliphatic carbocycles. The van der Waals surface area contributed by atoms with Crippen LogP contribution < -0.4 is 10.9 Å². The number of anilines is 1. The summed E-state index contributed by atoms with van der Waals surface area (Å²) < 4.78 is 2.03. The van der Waals surface area contributed by atoms with Crippen molar-refractivity contribution in [3.8, 4) is 0 Å². The van der Waals surface area contributed by atoms with Gasteiger partial charge in [0.1, 0.15) is 5.69 Å². The summed E-state index contributed by atoms with van der Waals surface area (Å²) in [4.78, 5) is 24.7. The minimum absolute atomic E-state index is 0.138. The molecule has 2 aromatic heterocycles. The van der Waals surface area contributed by atoms with Crippen molar-refractivity contribution in [2.24, 2.45) is 0 Å². The molecule has 4 rings (SSSR count). The standard InChI is InChI=1S/C21H17N5O2S2/c27-18-12-11-17(25-26(18)13-15-7-3-1-4-8-15)19(28)22-20-23-24-21(30-20)29-14-16-9-5-2-6-10-16/h1-12H,13-14H2,(H,22,23,28). The lowest BCUT2D eigenvalue weighted by Gasteiger charge is -2.06. The number of hydrogen-bond acceptors (Lipinski definition) is 7. The monoisotopic (exact) mass is 435 g/mol. The number of carbonyl (C=O) groups excluding carboxylic acids is 1. The fourth-order valence-electron chi connectivity index (χ4n) is 2.64. The second kappa shape index (κ2) is 9.47. The summed E-state index contributed by atoms with van der Waals surface area (Å²) in [6.45, 7) is 0.292. The molecule has 7 nitrogen and oxygen atoms in total. The van der Waals surface area contributed by atoms with Crippen LogP contribution >= 0.6 is 23.1 Å². The minimum atomic E-state index is -0.437. The molecule has 0 atom stereocenters. The molecular weight excluding hydrogens is 418 g/mol. The lowest BCUT2D eigenvalue weighted by atomic mass is 10.2. The van der Waals surface area contributed by atoms with Crippen molar-refractivity contribution in [2.45, 2.75) is 16.6 Å². The third-order valence-corrected chi connectivity index (χ3v) is 6.15. The van der Waals surface area contributed by atoms with Gasteiger partial charge in [-0.15, -0.1) is 10.2 Å². The average molecular weight is 436 g/mol. The SMILES string of the molecule is O=C(Nc1nnc(SCc2ccccc2)s1)c1ccc(=O)n(Cc2ccccc2)n1. The first-order valence-electron chi connectivity index (χ1n) is 9.11. The van der Waals surface area contributed by atoms with E-state index in [4.69, 9.17) is 0 Å². The molecule has 0 radical (unpaired) electrons. The lowest BCUT2D eigenvalue weighted by Crippen LogP contribution is -2.26. The van der Waals surface area contributed by atoms with Crippen molar-refractivity contribution in [3.63, 3.8) is 0 Å². The Balaban J connectivity index is 1.41. The normalized spacial score (nSPS) is 10.7. The van der Waals surface area contributed by atoms with Crippen LogP contribution in [0, 0.1) is 0 Å². The smallest absolute Gasteiger partial charge is 0.277 e. The van der Waals surface area contributed by atoms with Gasteiger partial charge in [-0.1, -0.05) is 83.8 Å². The molecule has 30 heavy (non-hydrogen) atoms. The fraction of sp³-hybridized carbons (Fsp3) is 0.0952. The number of aromatic nitrogens is 4. The molecule has 2 aromatic carbocycles. The number of benzene rings is 2. The summed E-state index contributed by atoms with van der Waals surface area (Å²) in [7, 11) is 0. The maximum absolute atomic E-state index is 12.6. The predicted octanol–water partition coefficient (Wildman–Crippen LogP) is 3.69. The zero-order valence-electron chi connectivity index (χ0n) is 15.8. The zero-order chi connectivity index (χ0) is 20.8. The van der Waals surface area contributed by atoms with Crippen molar-refractivity contribution in [2.75, 3.05) is 5.32 Å². The second-order valence-electron chi connectivity index (χ2n) is 6.30. The van der Waals surface area contributed by atoms with E-state index >= 15 is 0 Å². The van der Waals surface area contributed by atoms with E-state index in [0.29, 0.717) is 11.7 Å². The van der Waals surface area contributed by atoms with Gasteiger partial charge in [0.2, 0.25) is 5.13 Å². The van der Waals surface area contributed by atoms with Crippen molar-refractivity contribution in [1.82, 2.24) is 20.0 Å². The van der Waals surface area contributed by atoms with Crippen molar-refractivity contribution < 1.29 is 4.79 Å². The van der Waals surface area contributed by atoms with E-state index in [2.05, 4.69) is 20.6 Å². The number of carbonyl (C=O) groups is 1. The molecule has 0 saturated carbocycles. The lowest BCUT2D eigenvalue weighted by molar-refractivity contribution is 0.102. The molecule has 0 unspecified atom stereocenters. The first kappa shape index (κ1) is 20.0. The summed E-state index contributed by atoms with van der Waals surface area (Å²) in [5.74, 6) is 0.336. The van der Waals surface area contributed by atoms with Gasteiger partial charge in [0.25, 0.3) is 11.5 Å². The summed E-state index contributed by atoms with van der Waals surface area (Å²) in [6.07, 6.45) is 0. The number of nitrogens with one attached hydrogen (secondary N) is 1. The summed E-state index contributed by atoms with van der Waals surface area (Å²) >= 11 is 2.85. The van der Waals surface area contributed by atoms with Crippen LogP contribution in [0.4, 0.5) is 5.13 Å². The van der Waals surface area contributed by atoms with Crippen LogP contribution in [-0.2, 0) is 12.3 Å². The van der Waals surface area contributed by atoms with E-state index in [9.17, 15) is 9.59 Å². The number of thioether (sulfide) groups is 1. The molecule has 0 bridgehead atoms. The molecule has 1 amide bonds. The highest BCUT2D eigenvalue weighted by Gasteiger charge is 2.13. The van der Waals surface area contributed by atoms with Crippen LogP contribution in [0.25, 0.3) is 0 Å². The van der Waals surface area contributed by atoms with E-state index in [-0.39, 0.29) is 11.3 Å². The number of hydrogen-bond donors (Lipinski definition) is 1. The van der Waals surface area contributed by atoms with Gasteiger partial charge in [-0.25, -0.2) is 4.68 Å². The van der Waals surface area contributed by atoms with Crippen LogP contribution in [-0.4, -0.2) is 25.9 Å². The van der Waals surface area contributed by atoms with Crippen molar-refractivity contribution in [1.29, 1.82) is 0 Å². The third-order valence-electron chi connectivity index (χ3n) is 4.11. The largest absolute Gasteiger partial charge is 0.295 e. The molecule has 9 heteroatoms. The van der Waals surface area contributed by atoms with Crippen LogP contribution in [0.15, 0.2) is 81.9 Å². The van der Waals surface area contributed by atoms with Crippen molar-refractivity contribution in [3.05, 3.63) is 100.0 Å². The highest BCUT2D eigenvalue weighted by atomic mass is 32.2. The van der Waals surface area contributed by atoms with Gasteiger partial charge in [-0.05, 0) is 17.2 Å². The van der Waals surface area contributed by atoms with Crippen LogP contribution in [0.5, 0.6) is 0 Å². The quantitative estimate of drug-likeness (QED) is 0.352.